The smallest absolute Gasteiger partial charge is 0.103 e. The summed E-state index contributed by atoms with van der Waals surface area (Å²) >= 11 is 1.73. The lowest BCUT2D eigenvalue weighted by atomic mass is 10.1. The van der Waals surface area contributed by atoms with Crippen molar-refractivity contribution in [1.29, 1.82) is 0 Å². The van der Waals surface area contributed by atoms with Gasteiger partial charge in [-0.15, -0.1) is 11.3 Å². The molecule has 1 fully saturated rings. The summed E-state index contributed by atoms with van der Waals surface area (Å²) in [6.07, 6.45) is 1.98. The van der Waals surface area contributed by atoms with E-state index < -0.39 is 0 Å². The Kier molecular flexibility index (Phi) is 4.68. The second-order valence-electron chi connectivity index (χ2n) is 5.63. The van der Waals surface area contributed by atoms with Crippen LogP contribution in [0.15, 0.2) is 46.9 Å². The lowest BCUT2D eigenvalue weighted by Crippen LogP contribution is -3.13. The van der Waals surface area contributed by atoms with Gasteiger partial charge in [0.1, 0.15) is 6.54 Å². The Balaban J connectivity index is 1.47. The highest BCUT2D eigenvalue weighted by atomic mass is 32.1. The van der Waals surface area contributed by atoms with Gasteiger partial charge in [-0.1, -0.05) is 35.9 Å². The maximum Gasteiger partial charge on any atom is 0.103 e. The topological polar surface area (TPSA) is 20.0 Å². The number of aryl methyl sites for hydroxylation is 1. The van der Waals surface area contributed by atoms with E-state index in [1.165, 1.54) is 16.0 Å². The normalized spacial score (nSPS) is 16.7. The molecule has 0 saturated carbocycles. The lowest BCUT2D eigenvalue weighted by Gasteiger charge is -2.30. The number of rotatable bonds is 4. The van der Waals surface area contributed by atoms with Gasteiger partial charge >= 0.3 is 0 Å². The molecule has 4 heteroatoms. The van der Waals surface area contributed by atoms with Gasteiger partial charge in [0, 0.05) is 10.4 Å². The van der Waals surface area contributed by atoms with Crippen LogP contribution in [0.2, 0.25) is 0 Å². The van der Waals surface area contributed by atoms with Crippen LogP contribution in [0.1, 0.15) is 16.0 Å². The zero-order chi connectivity index (χ0) is 14.5. The molecule has 21 heavy (non-hydrogen) atoms. The average Bonchev–Trinajstić information content (AvgIpc) is 3.02. The summed E-state index contributed by atoms with van der Waals surface area (Å²) in [5, 5.41) is 8.87. The number of hydrogen-bond acceptors (Lipinski definition) is 3. The van der Waals surface area contributed by atoms with Crippen molar-refractivity contribution in [3.8, 4) is 0 Å². The highest BCUT2D eigenvalue weighted by molar-refractivity contribution is 7.11. The number of benzene rings is 1. The number of thiophene rings is 1. The van der Waals surface area contributed by atoms with Crippen molar-refractivity contribution in [3.05, 3.63) is 57.8 Å². The number of nitrogens with zero attached hydrogens (tertiary/aromatic N) is 2. The molecule has 0 unspecified atom stereocenters. The molecule has 0 atom stereocenters. The van der Waals surface area contributed by atoms with Crippen molar-refractivity contribution < 1.29 is 4.90 Å². The summed E-state index contributed by atoms with van der Waals surface area (Å²) < 4.78 is 0. The fourth-order valence-electron chi connectivity index (χ4n) is 2.60. The second-order valence-corrected chi connectivity index (χ2v) is 6.61. The minimum Gasteiger partial charge on any atom is -0.328 e. The van der Waals surface area contributed by atoms with Crippen LogP contribution in [0.25, 0.3) is 0 Å². The van der Waals surface area contributed by atoms with Crippen molar-refractivity contribution >= 4 is 17.6 Å². The van der Waals surface area contributed by atoms with Crippen LogP contribution in [0.5, 0.6) is 0 Å². The molecule has 3 nitrogen and oxygen atoms in total. The van der Waals surface area contributed by atoms with Crippen LogP contribution in [-0.4, -0.2) is 37.4 Å². The molecule has 2 heterocycles. The van der Waals surface area contributed by atoms with Gasteiger partial charge in [0.25, 0.3) is 0 Å². The first-order valence-electron chi connectivity index (χ1n) is 7.51. The average molecular weight is 300 g/mol. The molecule has 1 N–H and O–H groups in total. The van der Waals surface area contributed by atoms with Crippen LogP contribution in [0.4, 0.5) is 0 Å². The van der Waals surface area contributed by atoms with Crippen molar-refractivity contribution in [1.82, 2.24) is 5.01 Å². The van der Waals surface area contributed by atoms with Crippen LogP contribution in [0, 0.1) is 6.92 Å². The van der Waals surface area contributed by atoms with Gasteiger partial charge in [-0.2, -0.15) is 5.10 Å². The van der Waals surface area contributed by atoms with E-state index >= 15 is 0 Å². The first-order chi connectivity index (χ1) is 10.3. The van der Waals surface area contributed by atoms with Gasteiger partial charge in [0.05, 0.1) is 32.4 Å². The van der Waals surface area contributed by atoms with Crippen molar-refractivity contribution in [2.75, 3.05) is 26.2 Å². The number of hydrogen-bond donors (Lipinski definition) is 1. The highest BCUT2D eigenvalue weighted by Crippen LogP contribution is 2.05. The third kappa shape index (κ3) is 4.16. The Labute approximate surface area is 130 Å². The molecule has 2 aromatic rings. The Bertz CT molecular complexity index is 567. The molecule has 0 aliphatic carbocycles. The summed E-state index contributed by atoms with van der Waals surface area (Å²) in [6.45, 7) is 7.68. The fourth-order valence-corrected chi connectivity index (χ4v) is 3.18. The maximum absolute atomic E-state index is 4.58. The van der Waals surface area contributed by atoms with E-state index in [0.717, 1.165) is 32.7 Å². The van der Waals surface area contributed by atoms with E-state index in [0.29, 0.717) is 0 Å². The zero-order valence-corrected chi connectivity index (χ0v) is 13.3. The van der Waals surface area contributed by atoms with E-state index in [1.807, 2.05) is 6.21 Å². The summed E-state index contributed by atoms with van der Waals surface area (Å²) in [5.41, 5.74) is 2.77. The molecule has 1 aromatic carbocycles. The predicted molar refractivity (Wildman–Crippen MR) is 89.1 cm³/mol. The summed E-state index contributed by atoms with van der Waals surface area (Å²) in [7, 11) is 0. The third-order valence-electron chi connectivity index (χ3n) is 3.91. The minimum atomic E-state index is 1.04. The van der Waals surface area contributed by atoms with E-state index in [-0.39, 0.29) is 0 Å². The quantitative estimate of drug-likeness (QED) is 0.854. The first-order valence-corrected chi connectivity index (χ1v) is 8.39. The number of nitrogens with one attached hydrogen (secondary N) is 1. The summed E-state index contributed by atoms with van der Waals surface area (Å²) in [6, 6.07) is 13.1. The molecular weight excluding hydrogens is 278 g/mol. The number of quaternary nitrogens is 1. The monoisotopic (exact) mass is 300 g/mol. The molecule has 1 aliphatic rings. The molecule has 0 spiro atoms. The molecule has 0 bridgehead atoms. The maximum atomic E-state index is 4.58. The third-order valence-corrected chi connectivity index (χ3v) is 4.72. The van der Waals surface area contributed by atoms with Crippen LogP contribution in [-0.2, 0) is 6.54 Å². The van der Waals surface area contributed by atoms with E-state index in [1.54, 1.807) is 16.2 Å². The van der Waals surface area contributed by atoms with Gasteiger partial charge in [0.2, 0.25) is 0 Å². The van der Waals surface area contributed by atoms with Gasteiger partial charge in [-0.05, 0) is 18.4 Å². The molecule has 1 saturated heterocycles. The van der Waals surface area contributed by atoms with Crippen LogP contribution >= 0.6 is 11.3 Å². The van der Waals surface area contributed by atoms with Crippen LogP contribution in [0.3, 0.4) is 0 Å². The zero-order valence-electron chi connectivity index (χ0n) is 12.5. The molecule has 3 rings (SSSR count). The largest absolute Gasteiger partial charge is 0.328 e. The summed E-state index contributed by atoms with van der Waals surface area (Å²) in [5.74, 6) is 0. The SMILES string of the molecule is Cc1ccc(C[NH+]2CCN(/N=C\c3cccs3)CC2)cc1. The van der Waals surface area contributed by atoms with Gasteiger partial charge < -0.3 is 4.90 Å². The standard InChI is InChI=1S/C17H21N3S/c1-15-4-6-16(7-5-15)14-19-8-10-20(11-9-19)18-13-17-3-2-12-21-17/h2-7,12-13H,8-11,14H2,1H3/p+1/b18-13-. The lowest BCUT2D eigenvalue weighted by molar-refractivity contribution is -0.918. The second kappa shape index (κ2) is 6.87. The fraction of sp³-hybridized carbons (Fsp3) is 0.353. The molecule has 0 radical (unpaired) electrons. The van der Waals surface area contributed by atoms with E-state index in [4.69, 9.17) is 0 Å². The van der Waals surface area contributed by atoms with Crippen molar-refractivity contribution in [2.24, 2.45) is 5.10 Å². The van der Waals surface area contributed by atoms with Gasteiger partial charge in [-0.3, -0.25) is 5.01 Å². The predicted octanol–water partition coefficient (Wildman–Crippen LogP) is 1.79. The number of piperazine rings is 1. The Morgan fingerprint density at radius 2 is 1.95 bits per heavy atom. The molecule has 1 aromatic heterocycles. The van der Waals surface area contributed by atoms with Crippen molar-refractivity contribution in [3.63, 3.8) is 0 Å². The Hall–Kier alpha value is -1.65. The molecule has 1 aliphatic heterocycles. The Morgan fingerprint density at radius 1 is 1.19 bits per heavy atom. The van der Waals surface area contributed by atoms with Crippen molar-refractivity contribution in [2.45, 2.75) is 13.5 Å². The molecular formula is C17H22N3S+. The minimum absolute atomic E-state index is 1.04. The molecule has 110 valence electrons. The first kappa shape index (κ1) is 14.3. The van der Waals surface area contributed by atoms with E-state index in [9.17, 15) is 0 Å². The highest BCUT2D eigenvalue weighted by Gasteiger charge is 2.18. The summed E-state index contributed by atoms with van der Waals surface area (Å²) in [4.78, 5) is 2.88. The number of hydrazone groups is 1. The van der Waals surface area contributed by atoms with Crippen LogP contribution < -0.4 is 4.90 Å². The molecule has 0 amide bonds. The Morgan fingerprint density at radius 3 is 2.62 bits per heavy atom. The van der Waals surface area contributed by atoms with Gasteiger partial charge in [0.15, 0.2) is 0 Å². The van der Waals surface area contributed by atoms with Gasteiger partial charge in [-0.25, -0.2) is 0 Å². The van der Waals surface area contributed by atoms with E-state index in [2.05, 4.69) is 58.8 Å².